The molecule has 0 spiro atoms. The van der Waals surface area contributed by atoms with Crippen LogP contribution in [0.3, 0.4) is 0 Å². The molecular weight excluding hydrogens is 338 g/mol. The van der Waals surface area contributed by atoms with E-state index in [4.69, 9.17) is 11.6 Å². The van der Waals surface area contributed by atoms with E-state index < -0.39 is 0 Å². The summed E-state index contributed by atoms with van der Waals surface area (Å²) in [6, 6.07) is 10.1. The van der Waals surface area contributed by atoms with E-state index in [2.05, 4.69) is 20.2 Å². The Bertz CT molecular complexity index is 772. The van der Waals surface area contributed by atoms with Crippen molar-refractivity contribution in [1.82, 2.24) is 14.9 Å². The van der Waals surface area contributed by atoms with Crippen LogP contribution >= 0.6 is 11.6 Å². The van der Waals surface area contributed by atoms with Gasteiger partial charge in [0, 0.05) is 49.0 Å². The summed E-state index contributed by atoms with van der Waals surface area (Å²) in [4.78, 5) is 25.2. The molecule has 1 saturated carbocycles. The summed E-state index contributed by atoms with van der Waals surface area (Å²) in [5.74, 6) is 0.699. The van der Waals surface area contributed by atoms with Gasteiger partial charge in [0.2, 0.25) is 0 Å². The van der Waals surface area contributed by atoms with Gasteiger partial charge in [-0.05, 0) is 31.0 Å². The largest absolute Gasteiger partial charge is 0.368 e. The summed E-state index contributed by atoms with van der Waals surface area (Å²) < 4.78 is 0. The third-order valence-corrected chi connectivity index (χ3v) is 4.79. The predicted octanol–water partition coefficient (Wildman–Crippen LogP) is 2.67. The van der Waals surface area contributed by atoms with Gasteiger partial charge in [-0.2, -0.15) is 0 Å². The van der Waals surface area contributed by atoms with Crippen molar-refractivity contribution in [2.24, 2.45) is 0 Å². The van der Waals surface area contributed by atoms with Crippen LogP contribution in [-0.2, 0) is 0 Å². The van der Waals surface area contributed by atoms with Crippen LogP contribution in [0.1, 0.15) is 23.3 Å². The highest BCUT2D eigenvalue weighted by molar-refractivity contribution is 6.30. The first-order valence-electron chi connectivity index (χ1n) is 8.57. The SMILES string of the molecule is O=C(c1cc(NC2CC2)ncn1)N1CCN(c2cccc(Cl)c2)CC1. The molecule has 4 rings (SSSR count). The quantitative estimate of drug-likeness (QED) is 0.911. The van der Waals surface area contributed by atoms with Gasteiger partial charge in [0.05, 0.1) is 0 Å². The molecule has 6 nitrogen and oxygen atoms in total. The van der Waals surface area contributed by atoms with E-state index in [1.807, 2.05) is 29.2 Å². The smallest absolute Gasteiger partial charge is 0.272 e. The lowest BCUT2D eigenvalue weighted by Crippen LogP contribution is -2.49. The zero-order chi connectivity index (χ0) is 17.2. The van der Waals surface area contributed by atoms with Crippen molar-refractivity contribution in [3.63, 3.8) is 0 Å². The number of hydrogen-bond donors (Lipinski definition) is 1. The maximum Gasteiger partial charge on any atom is 0.272 e. The number of anilines is 2. The summed E-state index contributed by atoms with van der Waals surface area (Å²) in [7, 11) is 0. The minimum absolute atomic E-state index is 0.0352. The molecule has 1 aliphatic carbocycles. The Morgan fingerprint density at radius 2 is 1.92 bits per heavy atom. The van der Waals surface area contributed by atoms with Crippen molar-refractivity contribution in [2.75, 3.05) is 36.4 Å². The van der Waals surface area contributed by atoms with Crippen LogP contribution in [0.5, 0.6) is 0 Å². The Labute approximate surface area is 151 Å². The minimum Gasteiger partial charge on any atom is -0.368 e. The number of carbonyl (C=O) groups is 1. The Morgan fingerprint density at radius 3 is 2.64 bits per heavy atom. The number of nitrogens with zero attached hydrogens (tertiary/aromatic N) is 4. The lowest BCUT2D eigenvalue weighted by Gasteiger charge is -2.36. The number of benzene rings is 1. The molecule has 1 aliphatic heterocycles. The number of halogens is 1. The number of nitrogens with one attached hydrogen (secondary N) is 1. The normalized spacial score (nSPS) is 17.5. The van der Waals surface area contributed by atoms with Crippen LogP contribution in [-0.4, -0.2) is 53.0 Å². The fourth-order valence-electron chi connectivity index (χ4n) is 2.99. The van der Waals surface area contributed by atoms with Gasteiger partial charge in [-0.1, -0.05) is 17.7 Å². The molecule has 2 heterocycles. The lowest BCUT2D eigenvalue weighted by atomic mass is 10.2. The molecule has 2 aliphatic rings. The fraction of sp³-hybridized carbons (Fsp3) is 0.389. The zero-order valence-corrected chi connectivity index (χ0v) is 14.6. The van der Waals surface area contributed by atoms with Crippen LogP contribution in [0.25, 0.3) is 0 Å². The second-order valence-corrected chi connectivity index (χ2v) is 6.90. The first kappa shape index (κ1) is 16.1. The molecule has 7 heteroatoms. The molecule has 0 bridgehead atoms. The van der Waals surface area contributed by atoms with Crippen molar-refractivity contribution in [2.45, 2.75) is 18.9 Å². The Hall–Kier alpha value is -2.34. The van der Waals surface area contributed by atoms with Crippen molar-refractivity contribution in [1.29, 1.82) is 0 Å². The average Bonchev–Trinajstić information content (AvgIpc) is 3.45. The molecule has 130 valence electrons. The van der Waals surface area contributed by atoms with E-state index in [0.29, 0.717) is 24.8 Å². The predicted molar refractivity (Wildman–Crippen MR) is 98.2 cm³/mol. The van der Waals surface area contributed by atoms with Gasteiger partial charge in [-0.15, -0.1) is 0 Å². The maximum atomic E-state index is 12.7. The molecule has 25 heavy (non-hydrogen) atoms. The topological polar surface area (TPSA) is 61.4 Å². The lowest BCUT2D eigenvalue weighted by molar-refractivity contribution is 0.0740. The van der Waals surface area contributed by atoms with Gasteiger partial charge in [0.1, 0.15) is 17.8 Å². The highest BCUT2D eigenvalue weighted by Crippen LogP contribution is 2.24. The van der Waals surface area contributed by atoms with Crippen LogP contribution in [0, 0.1) is 0 Å². The molecule has 0 atom stereocenters. The first-order valence-corrected chi connectivity index (χ1v) is 8.95. The van der Waals surface area contributed by atoms with Crippen molar-refractivity contribution >= 4 is 29.0 Å². The molecule has 1 aromatic carbocycles. The van der Waals surface area contributed by atoms with E-state index in [1.165, 1.54) is 19.2 Å². The molecule has 0 radical (unpaired) electrons. The Morgan fingerprint density at radius 1 is 1.12 bits per heavy atom. The van der Waals surface area contributed by atoms with Crippen molar-refractivity contribution in [3.8, 4) is 0 Å². The van der Waals surface area contributed by atoms with E-state index in [9.17, 15) is 4.79 Å². The second kappa shape index (κ2) is 6.88. The average molecular weight is 358 g/mol. The zero-order valence-electron chi connectivity index (χ0n) is 13.9. The standard InChI is InChI=1S/C18H20ClN5O/c19-13-2-1-3-15(10-13)23-6-8-24(9-7-23)18(25)16-11-17(21-12-20-16)22-14-4-5-14/h1-3,10-12,14H,4-9H2,(H,20,21,22). The van der Waals surface area contributed by atoms with Crippen molar-refractivity contribution in [3.05, 3.63) is 47.4 Å². The van der Waals surface area contributed by atoms with Crippen molar-refractivity contribution < 1.29 is 4.79 Å². The number of piperazine rings is 1. The van der Waals surface area contributed by atoms with Gasteiger partial charge in [0.15, 0.2) is 0 Å². The van der Waals surface area contributed by atoms with E-state index in [0.717, 1.165) is 29.6 Å². The molecule has 2 aromatic rings. The molecule has 1 amide bonds. The third kappa shape index (κ3) is 3.85. The third-order valence-electron chi connectivity index (χ3n) is 4.56. The number of aromatic nitrogens is 2. The molecule has 1 N–H and O–H groups in total. The summed E-state index contributed by atoms with van der Waals surface area (Å²) in [6.45, 7) is 2.90. The van der Waals surface area contributed by atoms with Gasteiger partial charge in [-0.3, -0.25) is 4.79 Å². The Balaban J connectivity index is 1.39. The summed E-state index contributed by atoms with van der Waals surface area (Å²) in [5.41, 5.74) is 1.55. The van der Waals surface area contributed by atoms with Gasteiger partial charge in [-0.25, -0.2) is 9.97 Å². The summed E-state index contributed by atoms with van der Waals surface area (Å²) in [6.07, 6.45) is 3.79. The Kier molecular flexibility index (Phi) is 4.44. The van der Waals surface area contributed by atoms with E-state index >= 15 is 0 Å². The second-order valence-electron chi connectivity index (χ2n) is 6.47. The maximum absolute atomic E-state index is 12.7. The van der Waals surface area contributed by atoms with Crippen LogP contribution < -0.4 is 10.2 Å². The fourth-order valence-corrected chi connectivity index (χ4v) is 3.18. The molecule has 2 fully saturated rings. The van der Waals surface area contributed by atoms with Gasteiger partial charge in [0.25, 0.3) is 5.91 Å². The first-order chi connectivity index (χ1) is 12.2. The van der Waals surface area contributed by atoms with Gasteiger partial charge >= 0.3 is 0 Å². The highest BCUT2D eigenvalue weighted by atomic mass is 35.5. The van der Waals surface area contributed by atoms with Crippen LogP contribution in [0.4, 0.5) is 11.5 Å². The molecule has 1 aromatic heterocycles. The molecular formula is C18H20ClN5O. The number of hydrogen-bond acceptors (Lipinski definition) is 5. The molecule has 0 unspecified atom stereocenters. The number of rotatable bonds is 4. The minimum atomic E-state index is -0.0352. The van der Waals surface area contributed by atoms with E-state index in [-0.39, 0.29) is 5.91 Å². The number of amides is 1. The van der Waals surface area contributed by atoms with E-state index in [1.54, 1.807) is 6.07 Å². The van der Waals surface area contributed by atoms with Crippen LogP contribution in [0.15, 0.2) is 36.7 Å². The highest BCUT2D eigenvalue weighted by Gasteiger charge is 2.25. The molecule has 1 saturated heterocycles. The van der Waals surface area contributed by atoms with Crippen LogP contribution in [0.2, 0.25) is 5.02 Å². The summed E-state index contributed by atoms with van der Waals surface area (Å²) in [5, 5.41) is 4.03. The van der Waals surface area contributed by atoms with Gasteiger partial charge < -0.3 is 15.1 Å². The monoisotopic (exact) mass is 357 g/mol. The summed E-state index contributed by atoms with van der Waals surface area (Å²) >= 11 is 6.07. The number of carbonyl (C=O) groups excluding carboxylic acids is 1.